The largest absolute Gasteiger partial charge is 0.476 e. The van der Waals surface area contributed by atoms with E-state index in [0.29, 0.717) is 4.31 Å². The lowest BCUT2D eigenvalue weighted by molar-refractivity contribution is 0.0691. The Kier molecular flexibility index (Phi) is 5.39. The first-order valence-electron chi connectivity index (χ1n) is 5.67. The standard InChI is InChI=1S/C11H7Cl3N2O5S2/c12-6-1-5(9(14)7(13)2-6)3-16(23(19,20)21)11-15-8(4-22-11)10(17)18/h1-2,4H,3H2,(H,17,18)(H,19,20,21). The highest BCUT2D eigenvalue weighted by Gasteiger charge is 2.26. The fourth-order valence-corrected chi connectivity index (χ4v) is 3.96. The molecule has 0 aliphatic rings. The number of carboxylic acids is 1. The maximum atomic E-state index is 11.6. The molecule has 0 bridgehead atoms. The van der Waals surface area contributed by atoms with Gasteiger partial charge in [-0.05, 0) is 17.7 Å². The van der Waals surface area contributed by atoms with Gasteiger partial charge in [0.1, 0.15) is 0 Å². The molecule has 0 spiro atoms. The second-order valence-electron chi connectivity index (χ2n) is 4.17. The molecule has 0 fully saturated rings. The third kappa shape index (κ3) is 4.25. The van der Waals surface area contributed by atoms with Gasteiger partial charge in [-0.2, -0.15) is 8.42 Å². The molecular weight excluding hydrogens is 411 g/mol. The van der Waals surface area contributed by atoms with E-state index in [0.717, 1.165) is 16.7 Å². The summed E-state index contributed by atoms with van der Waals surface area (Å²) in [6.07, 6.45) is 0. The first kappa shape index (κ1) is 18.2. The topological polar surface area (TPSA) is 108 Å². The quantitative estimate of drug-likeness (QED) is 0.568. The molecule has 2 aromatic rings. The molecule has 1 aromatic heterocycles. The Hall–Kier alpha value is -1.10. The summed E-state index contributed by atoms with van der Waals surface area (Å²) in [7, 11) is -4.73. The molecule has 2 rings (SSSR count). The Bertz CT molecular complexity index is 869. The van der Waals surface area contributed by atoms with Crippen LogP contribution in [-0.2, 0) is 16.8 Å². The number of hydrogen-bond acceptors (Lipinski definition) is 5. The molecule has 0 radical (unpaired) electrons. The molecule has 23 heavy (non-hydrogen) atoms. The van der Waals surface area contributed by atoms with Crippen LogP contribution in [0.2, 0.25) is 15.1 Å². The van der Waals surface area contributed by atoms with Crippen molar-refractivity contribution in [1.29, 1.82) is 0 Å². The van der Waals surface area contributed by atoms with Crippen molar-refractivity contribution in [3.63, 3.8) is 0 Å². The first-order chi connectivity index (χ1) is 10.6. The van der Waals surface area contributed by atoms with Gasteiger partial charge in [-0.3, -0.25) is 4.55 Å². The highest BCUT2D eigenvalue weighted by atomic mass is 35.5. The van der Waals surface area contributed by atoms with Crippen LogP contribution < -0.4 is 4.31 Å². The van der Waals surface area contributed by atoms with Crippen molar-refractivity contribution in [2.45, 2.75) is 6.54 Å². The highest BCUT2D eigenvalue weighted by molar-refractivity contribution is 7.87. The third-order valence-electron chi connectivity index (χ3n) is 2.59. The molecule has 1 aromatic carbocycles. The van der Waals surface area contributed by atoms with Gasteiger partial charge in [-0.1, -0.05) is 34.8 Å². The Labute approximate surface area is 149 Å². The van der Waals surface area contributed by atoms with Crippen LogP contribution >= 0.6 is 46.1 Å². The van der Waals surface area contributed by atoms with Gasteiger partial charge in [-0.25, -0.2) is 14.1 Å². The predicted octanol–water partition coefficient (Wildman–Crippen LogP) is 3.61. The predicted molar refractivity (Wildman–Crippen MR) is 88.3 cm³/mol. The van der Waals surface area contributed by atoms with Crippen LogP contribution in [0, 0.1) is 0 Å². The second kappa shape index (κ2) is 6.80. The van der Waals surface area contributed by atoms with Crippen LogP contribution in [0.5, 0.6) is 0 Å². The first-order valence-corrected chi connectivity index (χ1v) is 9.08. The molecule has 0 atom stereocenters. The fraction of sp³-hybridized carbons (Fsp3) is 0.0909. The van der Waals surface area contributed by atoms with Gasteiger partial charge < -0.3 is 5.11 Å². The van der Waals surface area contributed by atoms with Crippen LogP contribution in [0.15, 0.2) is 17.5 Å². The lowest BCUT2D eigenvalue weighted by Crippen LogP contribution is -2.30. The number of aromatic nitrogens is 1. The molecular formula is C11H7Cl3N2O5S2. The van der Waals surface area contributed by atoms with E-state index >= 15 is 0 Å². The number of thiazole rings is 1. The number of carbonyl (C=O) groups is 1. The van der Waals surface area contributed by atoms with Crippen molar-refractivity contribution in [3.05, 3.63) is 43.8 Å². The molecule has 12 heteroatoms. The van der Waals surface area contributed by atoms with Crippen molar-refractivity contribution < 1.29 is 22.9 Å². The van der Waals surface area contributed by atoms with E-state index in [4.69, 9.17) is 39.9 Å². The average Bonchev–Trinajstić information content (AvgIpc) is 2.89. The van der Waals surface area contributed by atoms with E-state index in [1.54, 1.807) is 0 Å². The van der Waals surface area contributed by atoms with E-state index in [1.165, 1.54) is 12.1 Å². The SMILES string of the molecule is O=C(O)c1csc(N(Cc2cc(Cl)cc(Cl)c2Cl)S(=O)(=O)O)n1. The Morgan fingerprint density at radius 1 is 1.30 bits per heavy atom. The Morgan fingerprint density at radius 3 is 2.48 bits per heavy atom. The van der Waals surface area contributed by atoms with E-state index in [2.05, 4.69) is 4.98 Å². The molecule has 0 saturated carbocycles. The molecule has 1 heterocycles. The Morgan fingerprint density at radius 2 is 1.96 bits per heavy atom. The van der Waals surface area contributed by atoms with Crippen molar-refractivity contribution in [1.82, 2.24) is 4.98 Å². The zero-order valence-electron chi connectivity index (χ0n) is 10.9. The fourth-order valence-electron chi connectivity index (χ4n) is 1.60. The second-order valence-corrected chi connectivity index (χ2v) is 7.56. The summed E-state index contributed by atoms with van der Waals surface area (Å²) in [5.74, 6) is -1.33. The minimum Gasteiger partial charge on any atom is -0.476 e. The van der Waals surface area contributed by atoms with Gasteiger partial charge in [0.15, 0.2) is 5.69 Å². The number of halogens is 3. The van der Waals surface area contributed by atoms with Gasteiger partial charge in [0.25, 0.3) is 0 Å². The number of anilines is 1. The maximum Gasteiger partial charge on any atom is 0.362 e. The summed E-state index contributed by atoms with van der Waals surface area (Å²) in [6.45, 7) is -0.426. The van der Waals surface area contributed by atoms with Crippen molar-refractivity contribution in [2.24, 2.45) is 0 Å². The minimum atomic E-state index is -4.73. The van der Waals surface area contributed by atoms with E-state index in [9.17, 15) is 17.8 Å². The average molecular weight is 418 g/mol. The summed E-state index contributed by atoms with van der Waals surface area (Å²) in [6, 6.07) is 2.75. The lowest BCUT2D eigenvalue weighted by atomic mass is 10.2. The van der Waals surface area contributed by atoms with Gasteiger partial charge in [-0.15, -0.1) is 11.3 Å². The zero-order valence-corrected chi connectivity index (χ0v) is 14.8. The molecule has 0 saturated heterocycles. The molecule has 2 N–H and O–H groups in total. The van der Waals surface area contributed by atoms with Crippen molar-refractivity contribution in [3.8, 4) is 0 Å². The molecule has 0 aliphatic heterocycles. The number of rotatable bonds is 5. The van der Waals surface area contributed by atoms with Gasteiger partial charge in [0.05, 0.1) is 16.6 Å². The third-order valence-corrected chi connectivity index (χ3v) is 5.48. The van der Waals surface area contributed by atoms with Crippen molar-refractivity contribution in [2.75, 3.05) is 4.31 Å². The van der Waals surface area contributed by atoms with Gasteiger partial charge in [0.2, 0.25) is 5.13 Å². The number of benzene rings is 1. The lowest BCUT2D eigenvalue weighted by Gasteiger charge is -2.19. The summed E-state index contributed by atoms with van der Waals surface area (Å²) >= 11 is 18.4. The highest BCUT2D eigenvalue weighted by Crippen LogP contribution is 2.33. The summed E-state index contributed by atoms with van der Waals surface area (Å²) in [5.41, 5.74) is -0.136. The van der Waals surface area contributed by atoms with Crippen LogP contribution in [0.1, 0.15) is 16.1 Å². The number of carboxylic acid groups (broad SMARTS) is 1. The summed E-state index contributed by atoms with van der Waals surface area (Å²) in [4.78, 5) is 14.5. The smallest absolute Gasteiger partial charge is 0.362 e. The van der Waals surface area contributed by atoms with Crippen LogP contribution in [0.25, 0.3) is 0 Å². The Balaban J connectivity index is 2.47. The molecule has 0 aliphatic carbocycles. The van der Waals surface area contributed by atoms with Gasteiger partial charge in [0, 0.05) is 10.4 Å². The van der Waals surface area contributed by atoms with E-state index < -0.39 is 22.8 Å². The number of hydrogen-bond donors (Lipinski definition) is 2. The molecule has 124 valence electrons. The molecule has 0 amide bonds. The molecule has 0 unspecified atom stereocenters. The van der Waals surface area contributed by atoms with Crippen LogP contribution in [0.4, 0.5) is 5.13 Å². The van der Waals surface area contributed by atoms with Gasteiger partial charge >= 0.3 is 16.3 Å². The van der Waals surface area contributed by atoms with Crippen molar-refractivity contribution >= 4 is 67.5 Å². The summed E-state index contributed by atoms with van der Waals surface area (Å²) in [5, 5.41) is 10.1. The van der Waals surface area contributed by atoms with Crippen LogP contribution in [0.3, 0.4) is 0 Å². The van der Waals surface area contributed by atoms with E-state index in [-0.39, 0.29) is 31.5 Å². The van der Waals surface area contributed by atoms with E-state index in [1.807, 2.05) is 0 Å². The number of aromatic carboxylic acids is 1. The minimum absolute atomic E-state index is 0.0553. The molecule has 7 nitrogen and oxygen atoms in total. The van der Waals surface area contributed by atoms with Crippen LogP contribution in [-0.4, -0.2) is 29.0 Å². The monoisotopic (exact) mass is 416 g/mol. The summed E-state index contributed by atoms with van der Waals surface area (Å²) < 4.78 is 33.1. The zero-order chi connectivity index (χ0) is 17.4. The number of nitrogens with zero attached hydrogens (tertiary/aromatic N) is 2. The maximum absolute atomic E-state index is 11.6. The normalized spacial score (nSPS) is 11.5.